The van der Waals surface area contributed by atoms with E-state index in [1.165, 1.54) is 25.7 Å². The van der Waals surface area contributed by atoms with Crippen LogP contribution in [-0.2, 0) is 4.74 Å². The molecule has 0 bridgehead atoms. The second-order valence-corrected chi connectivity index (χ2v) is 4.59. The van der Waals surface area contributed by atoms with E-state index < -0.39 is 0 Å². The number of nitriles is 1. The van der Waals surface area contributed by atoms with Crippen LogP contribution in [0.15, 0.2) is 0 Å². The van der Waals surface area contributed by atoms with Crippen molar-refractivity contribution in [3.8, 4) is 6.07 Å². The normalized spacial score (nSPS) is 28.3. The smallest absolute Gasteiger partial charge is 0.0982 e. The molecule has 0 aliphatic heterocycles. The van der Waals surface area contributed by atoms with Gasteiger partial charge in [0.2, 0.25) is 0 Å². The summed E-state index contributed by atoms with van der Waals surface area (Å²) in [5.74, 6) is 1.32. The molecule has 1 aliphatic carbocycles. The minimum Gasteiger partial charge on any atom is -0.383 e. The predicted molar refractivity (Wildman–Crippen MR) is 60.4 cm³/mol. The van der Waals surface area contributed by atoms with Crippen molar-refractivity contribution in [3.05, 3.63) is 0 Å². The molecule has 0 heterocycles. The van der Waals surface area contributed by atoms with Gasteiger partial charge < -0.3 is 4.74 Å². The molecule has 3 nitrogen and oxygen atoms in total. The van der Waals surface area contributed by atoms with Gasteiger partial charge in [-0.05, 0) is 24.7 Å². The third-order valence-corrected chi connectivity index (χ3v) is 3.26. The van der Waals surface area contributed by atoms with Gasteiger partial charge in [-0.15, -0.1) is 0 Å². The Morgan fingerprint density at radius 1 is 1.53 bits per heavy atom. The first-order valence-corrected chi connectivity index (χ1v) is 5.90. The standard InChI is InChI=1S/C12H22N2O/c1-10-4-3-5-11(8-10)12(9-13)14-6-7-15-2/h10-12,14H,3-8H2,1-2H3. The number of hydrogen-bond donors (Lipinski definition) is 1. The molecule has 86 valence electrons. The molecule has 1 aliphatic rings. The lowest BCUT2D eigenvalue weighted by atomic mass is 9.79. The van der Waals surface area contributed by atoms with Crippen LogP contribution in [0.1, 0.15) is 32.6 Å². The number of nitrogens with one attached hydrogen (secondary N) is 1. The lowest BCUT2D eigenvalue weighted by Gasteiger charge is -2.30. The van der Waals surface area contributed by atoms with Crippen molar-refractivity contribution >= 4 is 0 Å². The predicted octanol–water partition coefficient (Wildman–Crippen LogP) is 1.94. The zero-order valence-corrected chi connectivity index (χ0v) is 9.83. The van der Waals surface area contributed by atoms with E-state index >= 15 is 0 Å². The summed E-state index contributed by atoms with van der Waals surface area (Å²) in [4.78, 5) is 0. The van der Waals surface area contributed by atoms with Gasteiger partial charge >= 0.3 is 0 Å². The Bertz CT molecular complexity index is 212. The summed E-state index contributed by atoms with van der Waals surface area (Å²) < 4.78 is 4.97. The van der Waals surface area contributed by atoms with E-state index in [1.54, 1.807) is 7.11 Å². The van der Waals surface area contributed by atoms with Gasteiger partial charge in [-0.1, -0.05) is 19.8 Å². The molecule has 3 atom stereocenters. The lowest BCUT2D eigenvalue weighted by molar-refractivity contribution is 0.186. The number of methoxy groups -OCH3 is 1. The van der Waals surface area contributed by atoms with Crippen LogP contribution < -0.4 is 5.32 Å². The van der Waals surface area contributed by atoms with Crippen molar-refractivity contribution in [3.63, 3.8) is 0 Å². The molecule has 15 heavy (non-hydrogen) atoms. The SMILES string of the molecule is COCCNC(C#N)C1CCCC(C)C1. The topological polar surface area (TPSA) is 45.0 Å². The van der Waals surface area contributed by atoms with E-state index in [4.69, 9.17) is 10.00 Å². The average molecular weight is 210 g/mol. The highest BCUT2D eigenvalue weighted by Crippen LogP contribution is 2.30. The van der Waals surface area contributed by atoms with Crippen LogP contribution >= 0.6 is 0 Å². The van der Waals surface area contributed by atoms with Crippen molar-refractivity contribution in [1.82, 2.24) is 5.32 Å². The third-order valence-electron chi connectivity index (χ3n) is 3.26. The van der Waals surface area contributed by atoms with E-state index in [9.17, 15) is 0 Å². The first-order valence-electron chi connectivity index (χ1n) is 5.90. The van der Waals surface area contributed by atoms with Crippen molar-refractivity contribution in [1.29, 1.82) is 5.26 Å². The molecular weight excluding hydrogens is 188 g/mol. The van der Waals surface area contributed by atoms with Crippen molar-refractivity contribution in [2.45, 2.75) is 38.6 Å². The van der Waals surface area contributed by atoms with E-state index in [0.717, 1.165) is 12.5 Å². The highest BCUT2D eigenvalue weighted by molar-refractivity contribution is 4.96. The first-order chi connectivity index (χ1) is 7.27. The summed E-state index contributed by atoms with van der Waals surface area (Å²) in [5, 5.41) is 12.4. The van der Waals surface area contributed by atoms with Gasteiger partial charge in [-0.25, -0.2) is 0 Å². The van der Waals surface area contributed by atoms with E-state index in [2.05, 4.69) is 18.3 Å². The molecule has 1 fully saturated rings. The highest BCUT2D eigenvalue weighted by Gasteiger charge is 2.25. The quantitative estimate of drug-likeness (QED) is 0.705. The van der Waals surface area contributed by atoms with Crippen molar-refractivity contribution in [2.75, 3.05) is 20.3 Å². The molecule has 1 rings (SSSR count). The molecule has 3 unspecified atom stereocenters. The average Bonchev–Trinajstić information content (AvgIpc) is 2.24. The molecular formula is C12H22N2O. The van der Waals surface area contributed by atoms with Gasteiger partial charge in [0.15, 0.2) is 0 Å². The molecule has 1 saturated carbocycles. The van der Waals surface area contributed by atoms with Gasteiger partial charge in [0, 0.05) is 13.7 Å². The summed E-state index contributed by atoms with van der Waals surface area (Å²) in [7, 11) is 1.69. The van der Waals surface area contributed by atoms with Gasteiger partial charge in [-0.2, -0.15) is 5.26 Å². The van der Waals surface area contributed by atoms with Gasteiger partial charge in [0.25, 0.3) is 0 Å². The maximum Gasteiger partial charge on any atom is 0.0982 e. The maximum atomic E-state index is 9.11. The molecule has 0 aromatic carbocycles. The fourth-order valence-electron chi connectivity index (χ4n) is 2.42. The summed E-state index contributed by atoms with van der Waals surface area (Å²) in [5.41, 5.74) is 0. The van der Waals surface area contributed by atoms with E-state index in [1.807, 2.05) is 0 Å². The fourth-order valence-corrected chi connectivity index (χ4v) is 2.42. The number of rotatable bonds is 5. The van der Waals surface area contributed by atoms with Gasteiger partial charge in [0.1, 0.15) is 0 Å². The van der Waals surface area contributed by atoms with Crippen molar-refractivity contribution in [2.24, 2.45) is 11.8 Å². The molecule has 0 aromatic rings. The molecule has 0 spiro atoms. The van der Waals surface area contributed by atoms with Crippen molar-refractivity contribution < 1.29 is 4.74 Å². The molecule has 3 heteroatoms. The monoisotopic (exact) mass is 210 g/mol. The minimum atomic E-state index is 0.0166. The van der Waals surface area contributed by atoms with Crippen LogP contribution in [0.3, 0.4) is 0 Å². The zero-order valence-electron chi connectivity index (χ0n) is 9.83. The second kappa shape index (κ2) is 6.81. The van der Waals surface area contributed by atoms with Crippen LogP contribution in [0, 0.1) is 23.2 Å². The van der Waals surface area contributed by atoms with Gasteiger partial charge in [0.05, 0.1) is 18.7 Å². The summed E-state index contributed by atoms with van der Waals surface area (Å²) in [6, 6.07) is 2.40. The molecule has 1 N–H and O–H groups in total. The molecule has 0 aromatic heterocycles. The Morgan fingerprint density at radius 3 is 2.93 bits per heavy atom. The van der Waals surface area contributed by atoms with E-state index in [0.29, 0.717) is 12.5 Å². The molecule has 0 amide bonds. The van der Waals surface area contributed by atoms with Crippen LogP contribution in [0.4, 0.5) is 0 Å². The van der Waals surface area contributed by atoms with E-state index in [-0.39, 0.29) is 6.04 Å². The van der Waals surface area contributed by atoms with Crippen LogP contribution in [-0.4, -0.2) is 26.3 Å². The minimum absolute atomic E-state index is 0.0166. The largest absolute Gasteiger partial charge is 0.383 e. The summed E-state index contributed by atoms with van der Waals surface area (Å²) in [6.45, 7) is 3.75. The lowest BCUT2D eigenvalue weighted by Crippen LogP contribution is -2.38. The van der Waals surface area contributed by atoms with Crippen LogP contribution in [0.2, 0.25) is 0 Å². The maximum absolute atomic E-state index is 9.11. The first kappa shape index (κ1) is 12.5. The third kappa shape index (κ3) is 4.19. The number of ether oxygens (including phenoxy) is 1. The Kier molecular flexibility index (Phi) is 5.67. The Labute approximate surface area is 92.8 Å². The molecule has 0 radical (unpaired) electrons. The van der Waals surface area contributed by atoms with Gasteiger partial charge in [-0.3, -0.25) is 5.32 Å². The Morgan fingerprint density at radius 2 is 2.33 bits per heavy atom. The number of hydrogen-bond acceptors (Lipinski definition) is 3. The summed E-state index contributed by atoms with van der Waals surface area (Å²) >= 11 is 0. The summed E-state index contributed by atoms with van der Waals surface area (Å²) in [6.07, 6.45) is 4.99. The number of nitrogens with zero attached hydrogens (tertiary/aromatic N) is 1. The van der Waals surface area contributed by atoms with Crippen LogP contribution in [0.25, 0.3) is 0 Å². The van der Waals surface area contributed by atoms with Crippen LogP contribution in [0.5, 0.6) is 0 Å². The second-order valence-electron chi connectivity index (χ2n) is 4.59. The molecule has 0 saturated heterocycles. The fraction of sp³-hybridized carbons (Fsp3) is 0.917. The Hall–Kier alpha value is -0.590. The Balaban J connectivity index is 2.33. The highest BCUT2D eigenvalue weighted by atomic mass is 16.5. The zero-order chi connectivity index (χ0) is 11.1.